The first-order valence-electron chi connectivity index (χ1n) is 11.7. The van der Waals surface area contributed by atoms with Crippen molar-refractivity contribution >= 4 is 11.6 Å². The van der Waals surface area contributed by atoms with Crippen molar-refractivity contribution in [2.45, 2.75) is 38.8 Å². The Hall–Kier alpha value is -3.73. The van der Waals surface area contributed by atoms with E-state index in [0.717, 1.165) is 51.7 Å². The standard InChI is InChI=1S/C28H26N4O/c33-28-26-15-21(12-13-22(26)19-32(28)24-9-2-1-3-10-24)27-25(11-6-14-29-27)23-16-30-31(18-23)17-20-7-4-5-8-20/h1-3,6,9-16,18,20H,4-5,7-8,17,19H2. The van der Waals surface area contributed by atoms with Crippen LogP contribution >= 0.6 is 0 Å². The molecule has 4 aromatic rings. The van der Waals surface area contributed by atoms with E-state index in [1.165, 1.54) is 25.7 Å². The molecule has 0 unspecified atom stereocenters. The van der Waals surface area contributed by atoms with Crippen LogP contribution in [0.25, 0.3) is 22.4 Å². The highest BCUT2D eigenvalue weighted by molar-refractivity contribution is 6.10. The van der Waals surface area contributed by atoms with Gasteiger partial charge in [0.2, 0.25) is 0 Å². The highest BCUT2D eigenvalue weighted by Gasteiger charge is 2.29. The number of nitrogens with zero attached hydrogens (tertiary/aromatic N) is 4. The van der Waals surface area contributed by atoms with Crippen LogP contribution in [0.4, 0.5) is 5.69 Å². The summed E-state index contributed by atoms with van der Waals surface area (Å²) < 4.78 is 2.08. The van der Waals surface area contributed by atoms with Crippen LogP contribution in [0.3, 0.4) is 0 Å². The number of amides is 1. The molecule has 164 valence electrons. The quantitative estimate of drug-likeness (QED) is 0.389. The van der Waals surface area contributed by atoms with Gasteiger partial charge in [-0.3, -0.25) is 14.5 Å². The Labute approximate surface area is 193 Å². The van der Waals surface area contributed by atoms with Crippen molar-refractivity contribution in [2.75, 3.05) is 4.90 Å². The van der Waals surface area contributed by atoms with Gasteiger partial charge in [-0.1, -0.05) is 49.2 Å². The zero-order valence-electron chi connectivity index (χ0n) is 18.5. The highest BCUT2D eigenvalue weighted by atomic mass is 16.2. The van der Waals surface area contributed by atoms with Gasteiger partial charge in [-0.25, -0.2) is 0 Å². The number of benzene rings is 2. The van der Waals surface area contributed by atoms with E-state index in [4.69, 9.17) is 4.98 Å². The first kappa shape index (κ1) is 19.9. The van der Waals surface area contributed by atoms with Gasteiger partial charge in [0.05, 0.1) is 18.4 Å². The third-order valence-corrected chi connectivity index (χ3v) is 6.93. The lowest BCUT2D eigenvalue weighted by Crippen LogP contribution is -2.22. The van der Waals surface area contributed by atoms with Crippen molar-refractivity contribution in [3.63, 3.8) is 0 Å². The molecule has 1 amide bonds. The molecule has 0 atom stereocenters. The Balaban J connectivity index is 1.31. The lowest BCUT2D eigenvalue weighted by atomic mass is 9.98. The molecule has 6 rings (SSSR count). The molecular formula is C28H26N4O. The molecule has 1 aliphatic heterocycles. The number of carbonyl (C=O) groups is 1. The van der Waals surface area contributed by atoms with E-state index in [-0.39, 0.29) is 5.91 Å². The number of para-hydroxylation sites is 1. The Morgan fingerprint density at radius 2 is 1.76 bits per heavy atom. The van der Waals surface area contributed by atoms with Crippen LogP contribution in [-0.4, -0.2) is 20.7 Å². The van der Waals surface area contributed by atoms with Gasteiger partial charge in [0.25, 0.3) is 5.91 Å². The summed E-state index contributed by atoms with van der Waals surface area (Å²) in [6.07, 6.45) is 11.2. The van der Waals surface area contributed by atoms with E-state index in [0.29, 0.717) is 6.54 Å². The normalized spacial score (nSPS) is 15.9. The molecule has 33 heavy (non-hydrogen) atoms. The summed E-state index contributed by atoms with van der Waals surface area (Å²) in [6, 6.07) is 20.0. The summed E-state index contributed by atoms with van der Waals surface area (Å²) >= 11 is 0. The molecule has 3 heterocycles. The van der Waals surface area contributed by atoms with Crippen molar-refractivity contribution < 1.29 is 4.79 Å². The Morgan fingerprint density at radius 1 is 0.909 bits per heavy atom. The molecule has 1 fully saturated rings. The molecule has 2 aromatic heterocycles. The summed E-state index contributed by atoms with van der Waals surface area (Å²) in [6.45, 7) is 1.58. The molecule has 0 bridgehead atoms. The van der Waals surface area contributed by atoms with Crippen molar-refractivity contribution in [3.05, 3.63) is 90.4 Å². The van der Waals surface area contributed by atoms with Crippen molar-refractivity contribution in [3.8, 4) is 22.4 Å². The number of carbonyl (C=O) groups excluding carboxylic acids is 1. The summed E-state index contributed by atoms with van der Waals surface area (Å²) in [4.78, 5) is 19.7. The number of rotatable bonds is 5. The SMILES string of the molecule is O=C1c2cc(-c3ncccc3-c3cnn(CC4CCCC4)c3)ccc2CN1c1ccccc1. The number of hydrogen-bond acceptors (Lipinski definition) is 3. The van der Waals surface area contributed by atoms with Gasteiger partial charge >= 0.3 is 0 Å². The van der Waals surface area contributed by atoms with Crippen molar-refractivity contribution in [1.82, 2.24) is 14.8 Å². The predicted octanol–water partition coefficient (Wildman–Crippen LogP) is 5.96. The van der Waals surface area contributed by atoms with E-state index >= 15 is 0 Å². The van der Waals surface area contributed by atoms with Gasteiger partial charge in [-0.05, 0) is 48.6 Å². The summed E-state index contributed by atoms with van der Waals surface area (Å²) in [5.74, 6) is 0.779. The topological polar surface area (TPSA) is 51.0 Å². The fourth-order valence-corrected chi connectivity index (χ4v) is 5.19. The Morgan fingerprint density at radius 3 is 2.61 bits per heavy atom. The maximum atomic E-state index is 13.2. The monoisotopic (exact) mass is 434 g/mol. The van der Waals surface area contributed by atoms with Gasteiger partial charge < -0.3 is 4.90 Å². The van der Waals surface area contributed by atoms with Crippen LogP contribution in [0.1, 0.15) is 41.6 Å². The minimum atomic E-state index is 0.0416. The first-order chi connectivity index (χ1) is 16.3. The lowest BCUT2D eigenvalue weighted by Gasteiger charge is -2.15. The fourth-order valence-electron chi connectivity index (χ4n) is 5.19. The third-order valence-electron chi connectivity index (χ3n) is 6.93. The van der Waals surface area contributed by atoms with Crippen molar-refractivity contribution in [1.29, 1.82) is 0 Å². The molecule has 0 radical (unpaired) electrons. The number of pyridine rings is 1. The van der Waals surface area contributed by atoms with E-state index in [1.54, 1.807) is 0 Å². The molecule has 2 aromatic carbocycles. The van der Waals surface area contributed by atoms with E-state index in [9.17, 15) is 4.79 Å². The largest absolute Gasteiger partial charge is 0.304 e. The maximum Gasteiger partial charge on any atom is 0.258 e. The van der Waals surface area contributed by atoms with E-state index < -0.39 is 0 Å². The summed E-state index contributed by atoms with van der Waals surface area (Å²) in [7, 11) is 0. The molecular weight excluding hydrogens is 408 g/mol. The number of hydrogen-bond donors (Lipinski definition) is 0. The summed E-state index contributed by atoms with van der Waals surface area (Å²) in [5, 5.41) is 4.63. The lowest BCUT2D eigenvalue weighted by molar-refractivity contribution is 0.0996. The summed E-state index contributed by atoms with van der Waals surface area (Å²) in [5.41, 5.74) is 6.67. The zero-order chi connectivity index (χ0) is 22.2. The minimum absolute atomic E-state index is 0.0416. The van der Waals surface area contributed by atoms with Crippen LogP contribution in [0.5, 0.6) is 0 Å². The molecule has 0 saturated heterocycles. The molecule has 5 heteroatoms. The van der Waals surface area contributed by atoms with Crippen LogP contribution < -0.4 is 4.90 Å². The number of fused-ring (bicyclic) bond motifs is 1. The second-order valence-corrected chi connectivity index (χ2v) is 9.10. The van der Waals surface area contributed by atoms with Crippen molar-refractivity contribution in [2.24, 2.45) is 5.92 Å². The third kappa shape index (κ3) is 3.74. The zero-order valence-corrected chi connectivity index (χ0v) is 18.5. The maximum absolute atomic E-state index is 13.2. The first-order valence-corrected chi connectivity index (χ1v) is 11.7. The molecule has 0 spiro atoms. The van der Waals surface area contributed by atoms with Gasteiger partial charge in [0, 0.05) is 46.9 Å². The predicted molar refractivity (Wildman–Crippen MR) is 130 cm³/mol. The number of anilines is 1. The van der Waals surface area contributed by atoms with Crippen LogP contribution in [0.15, 0.2) is 79.3 Å². The molecule has 1 saturated carbocycles. The second kappa shape index (κ2) is 8.32. The van der Waals surface area contributed by atoms with Crippen LogP contribution in [-0.2, 0) is 13.1 Å². The van der Waals surface area contributed by atoms with E-state index in [2.05, 4.69) is 34.2 Å². The minimum Gasteiger partial charge on any atom is -0.304 e. The van der Waals surface area contributed by atoms with Gasteiger partial charge in [0.15, 0.2) is 0 Å². The number of aromatic nitrogens is 3. The average Bonchev–Trinajstić information content (AvgIpc) is 3.61. The fraction of sp³-hybridized carbons (Fsp3) is 0.250. The average molecular weight is 435 g/mol. The van der Waals surface area contributed by atoms with E-state index in [1.807, 2.05) is 59.8 Å². The van der Waals surface area contributed by atoms with Gasteiger partial charge in [-0.2, -0.15) is 5.10 Å². The molecule has 5 nitrogen and oxygen atoms in total. The molecule has 2 aliphatic rings. The van der Waals surface area contributed by atoms with Gasteiger partial charge in [-0.15, -0.1) is 0 Å². The van der Waals surface area contributed by atoms with Crippen LogP contribution in [0, 0.1) is 5.92 Å². The smallest absolute Gasteiger partial charge is 0.258 e. The Bertz CT molecular complexity index is 1300. The second-order valence-electron chi connectivity index (χ2n) is 9.10. The highest BCUT2D eigenvalue weighted by Crippen LogP contribution is 2.35. The van der Waals surface area contributed by atoms with Gasteiger partial charge in [0.1, 0.15) is 0 Å². The van der Waals surface area contributed by atoms with Crippen LogP contribution in [0.2, 0.25) is 0 Å². The molecule has 0 N–H and O–H groups in total. The molecule has 1 aliphatic carbocycles. The Kier molecular flexibility index (Phi) is 5.02.